The van der Waals surface area contributed by atoms with Crippen molar-refractivity contribution in [1.82, 2.24) is 14.5 Å². The molecule has 0 radical (unpaired) electrons. The van der Waals surface area contributed by atoms with Gasteiger partial charge in [0.05, 0.1) is 11.0 Å². The molecule has 0 atom stereocenters. The van der Waals surface area contributed by atoms with Gasteiger partial charge in [-0.3, -0.25) is 4.79 Å². The normalized spacial score (nSPS) is 10.9. The molecule has 0 aliphatic heterocycles. The molecule has 4 heteroatoms. The van der Waals surface area contributed by atoms with Gasteiger partial charge in [0.25, 0.3) is 5.56 Å². The first kappa shape index (κ1) is 12.6. The number of hydrogen-bond donors (Lipinski definition) is 1. The van der Waals surface area contributed by atoms with E-state index in [-0.39, 0.29) is 5.56 Å². The highest BCUT2D eigenvalue weighted by atomic mass is 16.1. The van der Waals surface area contributed by atoms with Crippen LogP contribution in [0.1, 0.15) is 0 Å². The standard InChI is InChI=1S/C18H13N3O/c22-18-17(19-15-8-4-5-9-16(15)20-18)13-10-11-21(12-13)14-6-2-1-3-7-14/h1-12H,(H,20,22). The molecule has 2 heterocycles. The quantitative estimate of drug-likeness (QED) is 0.614. The maximum Gasteiger partial charge on any atom is 0.275 e. The molecular formula is C18H13N3O. The van der Waals surface area contributed by atoms with Crippen LogP contribution in [0.2, 0.25) is 0 Å². The van der Waals surface area contributed by atoms with Gasteiger partial charge in [0.2, 0.25) is 0 Å². The molecule has 0 bridgehead atoms. The fourth-order valence-corrected chi connectivity index (χ4v) is 2.52. The summed E-state index contributed by atoms with van der Waals surface area (Å²) < 4.78 is 1.98. The van der Waals surface area contributed by atoms with Crippen molar-refractivity contribution in [2.75, 3.05) is 0 Å². The molecule has 4 nitrogen and oxygen atoms in total. The lowest BCUT2D eigenvalue weighted by Crippen LogP contribution is -2.11. The second kappa shape index (κ2) is 5.00. The molecule has 0 saturated carbocycles. The maximum absolute atomic E-state index is 12.3. The van der Waals surface area contributed by atoms with Crippen LogP contribution in [0, 0.1) is 0 Å². The Balaban J connectivity index is 1.84. The van der Waals surface area contributed by atoms with Gasteiger partial charge in [-0.2, -0.15) is 0 Å². The summed E-state index contributed by atoms with van der Waals surface area (Å²) in [7, 11) is 0. The third-order valence-electron chi connectivity index (χ3n) is 3.62. The number of nitrogens with one attached hydrogen (secondary N) is 1. The summed E-state index contributed by atoms with van der Waals surface area (Å²) in [6.07, 6.45) is 3.85. The number of hydrogen-bond acceptors (Lipinski definition) is 2. The molecule has 0 unspecified atom stereocenters. The minimum atomic E-state index is -0.176. The highest BCUT2D eigenvalue weighted by molar-refractivity contribution is 5.76. The average molecular weight is 287 g/mol. The Morgan fingerprint density at radius 3 is 2.55 bits per heavy atom. The fourth-order valence-electron chi connectivity index (χ4n) is 2.52. The molecule has 4 aromatic rings. The molecule has 2 aromatic heterocycles. The predicted octanol–water partition coefficient (Wildman–Crippen LogP) is 3.38. The van der Waals surface area contributed by atoms with E-state index in [1.807, 2.05) is 77.6 Å². The van der Waals surface area contributed by atoms with E-state index in [0.717, 1.165) is 22.3 Å². The van der Waals surface area contributed by atoms with E-state index in [0.29, 0.717) is 5.69 Å². The summed E-state index contributed by atoms with van der Waals surface area (Å²) in [6, 6.07) is 19.4. The van der Waals surface area contributed by atoms with Crippen molar-refractivity contribution >= 4 is 11.0 Å². The number of aromatic nitrogens is 3. The molecule has 22 heavy (non-hydrogen) atoms. The van der Waals surface area contributed by atoms with Gasteiger partial charge in [-0.05, 0) is 30.3 Å². The molecule has 0 fully saturated rings. The molecule has 2 aromatic carbocycles. The fraction of sp³-hybridized carbons (Fsp3) is 0. The third kappa shape index (κ3) is 2.11. The average Bonchev–Trinajstić information content (AvgIpc) is 3.05. The van der Waals surface area contributed by atoms with Crippen molar-refractivity contribution in [1.29, 1.82) is 0 Å². The summed E-state index contributed by atoms with van der Waals surface area (Å²) in [4.78, 5) is 19.6. The largest absolute Gasteiger partial charge is 0.323 e. The van der Waals surface area contributed by atoms with Gasteiger partial charge >= 0.3 is 0 Å². The van der Waals surface area contributed by atoms with Crippen molar-refractivity contribution in [3.05, 3.63) is 83.4 Å². The predicted molar refractivity (Wildman–Crippen MR) is 87.1 cm³/mol. The Morgan fingerprint density at radius 1 is 0.909 bits per heavy atom. The smallest absolute Gasteiger partial charge is 0.275 e. The lowest BCUT2D eigenvalue weighted by atomic mass is 10.2. The van der Waals surface area contributed by atoms with E-state index in [2.05, 4.69) is 9.97 Å². The number of rotatable bonds is 2. The minimum absolute atomic E-state index is 0.176. The summed E-state index contributed by atoms with van der Waals surface area (Å²) in [5.74, 6) is 0. The van der Waals surface area contributed by atoms with Gasteiger partial charge in [0.15, 0.2) is 0 Å². The van der Waals surface area contributed by atoms with Crippen LogP contribution in [0.4, 0.5) is 0 Å². The SMILES string of the molecule is O=c1[nH]c2ccccc2nc1-c1ccn(-c2ccccc2)c1. The zero-order valence-electron chi connectivity index (χ0n) is 11.7. The van der Waals surface area contributed by atoms with Crippen LogP contribution in [0.15, 0.2) is 77.9 Å². The van der Waals surface area contributed by atoms with E-state index in [1.165, 1.54) is 0 Å². The molecular weight excluding hydrogens is 274 g/mol. The number of H-pyrrole nitrogens is 1. The lowest BCUT2D eigenvalue weighted by molar-refractivity contribution is 1.08. The van der Waals surface area contributed by atoms with Gasteiger partial charge in [-0.1, -0.05) is 30.3 Å². The number of fused-ring (bicyclic) bond motifs is 1. The molecule has 106 valence electrons. The van der Waals surface area contributed by atoms with Gasteiger partial charge in [-0.15, -0.1) is 0 Å². The van der Waals surface area contributed by atoms with Gasteiger partial charge in [0.1, 0.15) is 5.69 Å². The molecule has 0 aliphatic carbocycles. The number of nitrogens with zero attached hydrogens (tertiary/aromatic N) is 2. The number of para-hydroxylation sites is 3. The van der Waals surface area contributed by atoms with Crippen LogP contribution < -0.4 is 5.56 Å². The molecule has 4 rings (SSSR count). The summed E-state index contributed by atoms with van der Waals surface area (Å²) in [6.45, 7) is 0. The zero-order chi connectivity index (χ0) is 14.9. The Hall–Kier alpha value is -3.14. The van der Waals surface area contributed by atoms with Crippen LogP contribution in [-0.2, 0) is 0 Å². The second-order valence-corrected chi connectivity index (χ2v) is 5.07. The molecule has 0 saturated heterocycles. The van der Waals surface area contributed by atoms with E-state index in [4.69, 9.17) is 0 Å². The first-order chi connectivity index (χ1) is 10.8. The van der Waals surface area contributed by atoms with E-state index in [9.17, 15) is 4.79 Å². The van der Waals surface area contributed by atoms with Gasteiger partial charge < -0.3 is 9.55 Å². The number of benzene rings is 2. The van der Waals surface area contributed by atoms with Crippen LogP contribution in [0.5, 0.6) is 0 Å². The van der Waals surface area contributed by atoms with E-state index < -0.39 is 0 Å². The Labute approximate surface area is 126 Å². The summed E-state index contributed by atoms with van der Waals surface area (Å²) in [5, 5.41) is 0. The Kier molecular flexibility index (Phi) is 2.86. The van der Waals surface area contributed by atoms with E-state index in [1.54, 1.807) is 0 Å². The lowest BCUT2D eigenvalue weighted by Gasteiger charge is -2.02. The summed E-state index contributed by atoms with van der Waals surface area (Å²) in [5.41, 5.74) is 3.64. The maximum atomic E-state index is 12.3. The first-order valence-corrected chi connectivity index (χ1v) is 7.04. The van der Waals surface area contributed by atoms with Crippen molar-refractivity contribution in [2.45, 2.75) is 0 Å². The van der Waals surface area contributed by atoms with Crippen molar-refractivity contribution in [2.24, 2.45) is 0 Å². The first-order valence-electron chi connectivity index (χ1n) is 7.04. The second-order valence-electron chi connectivity index (χ2n) is 5.07. The zero-order valence-corrected chi connectivity index (χ0v) is 11.7. The summed E-state index contributed by atoms with van der Waals surface area (Å²) >= 11 is 0. The highest BCUT2D eigenvalue weighted by Gasteiger charge is 2.09. The third-order valence-corrected chi connectivity index (χ3v) is 3.62. The Bertz CT molecular complexity index is 999. The van der Waals surface area contributed by atoms with Crippen LogP contribution >= 0.6 is 0 Å². The van der Waals surface area contributed by atoms with Crippen LogP contribution in [0.25, 0.3) is 28.0 Å². The topological polar surface area (TPSA) is 50.7 Å². The minimum Gasteiger partial charge on any atom is -0.323 e. The number of aromatic amines is 1. The van der Waals surface area contributed by atoms with Gasteiger partial charge in [0, 0.05) is 23.6 Å². The van der Waals surface area contributed by atoms with Crippen LogP contribution in [0.3, 0.4) is 0 Å². The molecule has 0 amide bonds. The van der Waals surface area contributed by atoms with E-state index >= 15 is 0 Å². The monoisotopic (exact) mass is 287 g/mol. The van der Waals surface area contributed by atoms with Crippen molar-refractivity contribution in [3.63, 3.8) is 0 Å². The molecule has 1 N–H and O–H groups in total. The van der Waals surface area contributed by atoms with Crippen molar-refractivity contribution in [3.8, 4) is 16.9 Å². The molecule has 0 spiro atoms. The van der Waals surface area contributed by atoms with Gasteiger partial charge in [-0.25, -0.2) is 4.98 Å². The Morgan fingerprint density at radius 2 is 1.68 bits per heavy atom. The van der Waals surface area contributed by atoms with Crippen LogP contribution in [-0.4, -0.2) is 14.5 Å². The molecule has 0 aliphatic rings. The van der Waals surface area contributed by atoms with Crippen molar-refractivity contribution < 1.29 is 0 Å². The highest BCUT2D eigenvalue weighted by Crippen LogP contribution is 2.18.